The molecule has 0 spiro atoms. The zero-order valence-electron chi connectivity index (χ0n) is 14.2. The fourth-order valence-corrected chi connectivity index (χ4v) is 2.54. The van der Waals surface area contributed by atoms with Crippen molar-refractivity contribution in [3.05, 3.63) is 77.1 Å². The summed E-state index contributed by atoms with van der Waals surface area (Å²) in [5.41, 5.74) is 4.25. The van der Waals surface area contributed by atoms with E-state index in [0.29, 0.717) is 18.2 Å². The smallest absolute Gasteiger partial charge is 0.335 e. The number of hydrogen-bond acceptors (Lipinski definition) is 4. The van der Waals surface area contributed by atoms with Crippen LogP contribution in [0.4, 0.5) is 5.82 Å². The molecule has 2 aromatic carbocycles. The maximum Gasteiger partial charge on any atom is 0.335 e. The summed E-state index contributed by atoms with van der Waals surface area (Å²) in [6.45, 7) is 4.39. The predicted octanol–water partition coefficient (Wildman–Crippen LogP) is 4.07. The molecule has 5 nitrogen and oxygen atoms in total. The molecule has 0 atom stereocenters. The molecule has 3 aromatic rings. The van der Waals surface area contributed by atoms with Crippen LogP contribution in [0.1, 0.15) is 27.3 Å². The molecule has 0 amide bonds. The summed E-state index contributed by atoms with van der Waals surface area (Å²) in [5.74, 6) is 0.463. The molecule has 0 radical (unpaired) electrons. The molecule has 126 valence electrons. The summed E-state index contributed by atoms with van der Waals surface area (Å²) in [6.07, 6.45) is 0. The Morgan fingerprint density at radius 1 is 1.04 bits per heavy atom. The van der Waals surface area contributed by atoms with Crippen molar-refractivity contribution >= 4 is 11.8 Å². The summed E-state index contributed by atoms with van der Waals surface area (Å²) >= 11 is 0. The Morgan fingerprint density at radius 2 is 1.80 bits per heavy atom. The van der Waals surface area contributed by atoms with E-state index in [9.17, 15) is 4.79 Å². The van der Waals surface area contributed by atoms with Gasteiger partial charge in [0.15, 0.2) is 0 Å². The summed E-state index contributed by atoms with van der Waals surface area (Å²) in [7, 11) is 0. The van der Waals surface area contributed by atoms with Gasteiger partial charge in [0, 0.05) is 18.2 Å². The van der Waals surface area contributed by atoms with Crippen molar-refractivity contribution in [2.24, 2.45) is 0 Å². The minimum absolute atomic E-state index is 0.276. The van der Waals surface area contributed by atoms with Crippen molar-refractivity contribution in [3.63, 3.8) is 0 Å². The number of nitrogens with zero attached hydrogens (tertiary/aromatic N) is 2. The molecule has 3 rings (SSSR count). The van der Waals surface area contributed by atoms with Gasteiger partial charge in [0.1, 0.15) is 11.6 Å². The van der Waals surface area contributed by atoms with Gasteiger partial charge in [0.25, 0.3) is 0 Å². The Kier molecular flexibility index (Phi) is 4.75. The predicted molar refractivity (Wildman–Crippen MR) is 97.7 cm³/mol. The highest BCUT2D eigenvalue weighted by Crippen LogP contribution is 2.21. The summed E-state index contributed by atoms with van der Waals surface area (Å²) in [6, 6.07) is 16.9. The SMILES string of the molecule is Cc1ccc(-c2cc(NCc3cccc(C(=O)O)c3)nc(C)n2)cc1. The Balaban J connectivity index is 1.80. The van der Waals surface area contributed by atoms with E-state index < -0.39 is 5.97 Å². The van der Waals surface area contributed by atoms with Gasteiger partial charge in [-0.2, -0.15) is 0 Å². The first kappa shape index (κ1) is 16.6. The largest absolute Gasteiger partial charge is 0.478 e. The average Bonchev–Trinajstić information content (AvgIpc) is 2.60. The van der Waals surface area contributed by atoms with Crippen LogP contribution in [0.3, 0.4) is 0 Å². The van der Waals surface area contributed by atoms with Crippen LogP contribution < -0.4 is 5.32 Å². The maximum absolute atomic E-state index is 11.1. The standard InChI is InChI=1S/C20H19N3O2/c1-13-6-8-16(9-7-13)18-11-19(23-14(2)22-18)21-12-15-4-3-5-17(10-15)20(24)25/h3-11H,12H2,1-2H3,(H,24,25)(H,21,22,23). The van der Waals surface area contributed by atoms with E-state index in [1.54, 1.807) is 18.2 Å². The molecule has 25 heavy (non-hydrogen) atoms. The third-order valence-electron chi connectivity index (χ3n) is 3.83. The summed E-state index contributed by atoms with van der Waals surface area (Å²) < 4.78 is 0. The minimum Gasteiger partial charge on any atom is -0.478 e. The fourth-order valence-electron chi connectivity index (χ4n) is 2.54. The molecule has 0 aliphatic carbocycles. The fraction of sp³-hybridized carbons (Fsp3) is 0.150. The molecule has 1 heterocycles. The van der Waals surface area contributed by atoms with Gasteiger partial charge in [-0.1, -0.05) is 42.0 Å². The second-order valence-electron chi connectivity index (χ2n) is 5.91. The third-order valence-corrected chi connectivity index (χ3v) is 3.83. The first-order valence-corrected chi connectivity index (χ1v) is 8.00. The lowest BCUT2D eigenvalue weighted by molar-refractivity contribution is 0.0696. The number of carboxylic acid groups (broad SMARTS) is 1. The van der Waals surface area contributed by atoms with Gasteiger partial charge in [-0.05, 0) is 31.5 Å². The van der Waals surface area contributed by atoms with E-state index in [0.717, 1.165) is 16.8 Å². The van der Waals surface area contributed by atoms with E-state index in [1.807, 2.05) is 38.1 Å². The second-order valence-corrected chi connectivity index (χ2v) is 5.91. The lowest BCUT2D eigenvalue weighted by Gasteiger charge is -2.09. The Labute approximate surface area is 146 Å². The van der Waals surface area contributed by atoms with E-state index in [2.05, 4.69) is 27.4 Å². The molecular weight excluding hydrogens is 314 g/mol. The first-order chi connectivity index (χ1) is 12.0. The molecule has 1 aromatic heterocycles. The normalized spacial score (nSPS) is 10.5. The molecule has 0 aliphatic heterocycles. The van der Waals surface area contributed by atoms with Gasteiger partial charge in [-0.25, -0.2) is 14.8 Å². The number of aromatic carboxylic acids is 1. The summed E-state index contributed by atoms with van der Waals surface area (Å²) in [4.78, 5) is 20.0. The van der Waals surface area contributed by atoms with Crippen LogP contribution >= 0.6 is 0 Å². The number of aromatic nitrogens is 2. The van der Waals surface area contributed by atoms with Crippen molar-refractivity contribution in [1.29, 1.82) is 0 Å². The lowest BCUT2D eigenvalue weighted by Crippen LogP contribution is -2.05. The molecular formula is C20H19N3O2. The van der Waals surface area contributed by atoms with Gasteiger partial charge in [0.05, 0.1) is 11.3 Å². The monoisotopic (exact) mass is 333 g/mol. The van der Waals surface area contributed by atoms with Crippen LogP contribution in [-0.2, 0) is 6.54 Å². The van der Waals surface area contributed by atoms with Crippen molar-refractivity contribution < 1.29 is 9.90 Å². The minimum atomic E-state index is -0.929. The van der Waals surface area contributed by atoms with E-state index in [-0.39, 0.29) is 5.56 Å². The highest BCUT2D eigenvalue weighted by Gasteiger charge is 2.06. The van der Waals surface area contributed by atoms with Crippen LogP contribution in [0.5, 0.6) is 0 Å². The Morgan fingerprint density at radius 3 is 2.52 bits per heavy atom. The van der Waals surface area contributed by atoms with Crippen LogP contribution in [0.25, 0.3) is 11.3 Å². The van der Waals surface area contributed by atoms with Gasteiger partial charge < -0.3 is 10.4 Å². The third kappa shape index (κ3) is 4.20. The number of benzene rings is 2. The molecule has 5 heteroatoms. The van der Waals surface area contributed by atoms with Crippen LogP contribution in [0.2, 0.25) is 0 Å². The number of anilines is 1. The first-order valence-electron chi connectivity index (χ1n) is 8.00. The van der Waals surface area contributed by atoms with Crippen LogP contribution in [0.15, 0.2) is 54.6 Å². The van der Waals surface area contributed by atoms with Crippen molar-refractivity contribution in [1.82, 2.24) is 9.97 Å². The van der Waals surface area contributed by atoms with Crippen LogP contribution in [0, 0.1) is 13.8 Å². The maximum atomic E-state index is 11.1. The molecule has 2 N–H and O–H groups in total. The van der Waals surface area contributed by atoms with Gasteiger partial charge in [-0.15, -0.1) is 0 Å². The quantitative estimate of drug-likeness (QED) is 0.736. The van der Waals surface area contributed by atoms with E-state index in [4.69, 9.17) is 5.11 Å². The number of rotatable bonds is 5. The Hall–Kier alpha value is -3.21. The Bertz CT molecular complexity index is 905. The molecule has 0 saturated carbocycles. The van der Waals surface area contributed by atoms with Gasteiger partial charge >= 0.3 is 5.97 Å². The van der Waals surface area contributed by atoms with E-state index in [1.165, 1.54) is 5.56 Å². The van der Waals surface area contributed by atoms with Crippen molar-refractivity contribution in [2.45, 2.75) is 20.4 Å². The molecule has 0 saturated heterocycles. The van der Waals surface area contributed by atoms with E-state index >= 15 is 0 Å². The highest BCUT2D eigenvalue weighted by molar-refractivity contribution is 5.87. The molecule has 0 aliphatic rings. The topological polar surface area (TPSA) is 75.1 Å². The number of nitrogens with one attached hydrogen (secondary N) is 1. The molecule has 0 fully saturated rings. The number of hydrogen-bond donors (Lipinski definition) is 2. The van der Waals surface area contributed by atoms with Crippen molar-refractivity contribution in [3.8, 4) is 11.3 Å². The lowest BCUT2D eigenvalue weighted by atomic mass is 10.1. The zero-order chi connectivity index (χ0) is 17.8. The highest BCUT2D eigenvalue weighted by atomic mass is 16.4. The van der Waals surface area contributed by atoms with Gasteiger partial charge in [0.2, 0.25) is 0 Å². The van der Waals surface area contributed by atoms with Crippen LogP contribution in [-0.4, -0.2) is 21.0 Å². The number of aryl methyl sites for hydroxylation is 2. The number of carboxylic acids is 1. The molecule has 0 bridgehead atoms. The van der Waals surface area contributed by atoms with Crippen molar-refractivity contribution in [2.75, 3.05) is 5.32 Å². The average molecular weight is 333 g/mol. The molecule has 0 unspecified atom stereocenters. The zero-order valence-corrected chi connectivity index (χ0v) is 14.2. The summed E-state index contributed by atoms with van der Waals surface area (Å²) in [5, 5.41) is 12.3. The number of carbonyl (C=O) groups is 1. The second kappa shape index (κ2) is 7.13. The van der Waals surface area contributed by atoms with Gasteiger partial charge in [-0.3, -0.25) is 0 Å².